The average molecular weight is 190 g/mol. The molecule has 2 nitrogen and oxygen atoms in total. The van der Waals surface area contributed by atoms with Crippen LogP contribution in [0.2, 0.25) is 0 Å². The molecule has 0 N–H and O–H groups in total. The lowest BCUT2D eigenvalue weighted by Gasteiger charge is -2.09. The maximum Gasteiger partial charge on any atom is 0.191 e. The largest absolute Gasteiger partial charge is 0.367 e. The highest BCUT2D eigenvalue weighted by Crippen LogP contribution is 2.22. The number of benzene rings is 1. The number of Topliss-reactive ketones (excluding diaryl/α,β-unsaturated/α-hetero) is 1. The number of ether oxygens (including phenoxy) is 1. The molecule has 74 valence electrons. The summed E-state index contributed by atoms with van der Waals surface area (Å²) in [6, 6.07) is 9.36. The third kappa shape index (κ3) is 1.85. The minimum absolute atomic E-state index is 0.120. The summed E-state index contributed by atoms with van der Waals surface area (Å²) in [5.74, 6) is 0.120. The molecule has 1 aromatic carbocycles. The molecule has 2 heteroatoms. The van der Waals surface area contributed by atoms with Gasteiger partial charge in [-0.2, -0.15) is 0 Å². The zero-order valence-electron chi connectivity index (χ0n) is 8.27. The molecule has 1 saturated heterocycles. The van der Waals surface area contributed by atoms with Crippen LogP contribution in [0.25, 0.3) is 0 Å². The van der Waals surface area contributed by atoms with Gasteiger partial charge in [-0.25, -0.2) is 0 Å². The molecule has 0 spiro atoms. The Kier molecular flexibility index (Phi) is 2.64. The molecule has 1 aromatic rings. The second-order valence-corrected chi connectivity index (χ2v) is 3.74. The van der Waals surface area contributed by atoms with Crippen LogP contribution in [0, 0.1) is 0 Å². The summed E-state index contributed by atoms with van der Waals surface area (Å²) < 4.78 is 5.53. The summed E-state index contributed by atoms with van der Waals surface area (Å²) in [5, 5.41) is 0. The number of carbonyl (C=O) groups is 1. The van der Waals surface area contributed by atoms with E-state index in [-0.39, 0.29) is 18.0 Å². The van der Waals surface area contributed by atoms with Gasteiger partial charge in [0.1, 0.15) is 6.10 Å². The predicted octanol–water partition coefficient (Wildman–Crippen LogP) is 2.44. The lowest BCUT2D eigenvalue weighted by Crippen LogP contribution is -2.20. The van der Waals surface area contributed by atoms with Gasteiger partial charge in [-0.1, -0.05) is 30.3 Å². The first-order chi connectivity index (χ1) is 6.77. The third-order valence-corrected chi connectivity index (χ3v) is 2.58. The van der Waals surface area contributed by atoms with Crippen molar-refractivity contribution in [2.45, 2.75) is 32.0 Å². The van der Waals surface area contributed by atoms with Crippen LogP contribution in [0.3, 0.4) is 0 Å². The van der Waals surface area contributed by atoms with Crippen molar-refractivity contribution in [1.82, 2.24) is 0 Å². The van der Waals surface area contributed by atoms with Crippen molar-refractivity contribution in [3.8, 4) is 0 Å². The van der Waals surface area contributed by atoms with E-state index in [2.05, 4.69) is 0 Å². The Labute approximate surface area is 83.9 Å². The Balaban J connectivity index is 2.10. The second-order valence-electron chi connectivity index (χ2n) is 3.74. The highest BCUT2D eigenvalue weighted by molar-refractivity contribution is 5.99. The van der Waals surface area contributed by atoms with Gasteiger partial charge in [0.25, 0.3) is 0 Å². The first kappa shape index (κ1) is 9.41. The number of rotatable bonds is 2. The summed E-state index contributed by atoms with van der Waals surface area (Å²) in [7, 11) is 0. The molecule has 1 aliphatic rings. The first-order valence-corrected chi connectivity index (χ1v) is 5.02. The number of hydrogen-bond acceptors (Lipinski definition) is 2. The van der Waals surface area contributed by atoms with Crippen molar-refractivity contribution in [2.75, 3.05) is 0 Å². The van der Waals surface area contributed by atoms with Crippen molar-refractivity contribution in [3.05, 3.63) is 35.9 Å². The highest BCUT2D eigenvalue weighted by Gasteiger charge is 2.28. The standard InChI is InChI=1S/C12H14O2/c1-9-7-8-11(14-9)12(13)10-5-3-2-4-6-10/h2-6,9,11H,7-8H2,1H3. The summed E-state index contributed by atoms with van der Waals surface area (Å²) in [4.78, 5) is 11.9. The van der Waals surface area contributed by atoms with E-state index in [0.29, 0.717) is 0 Å². The van der Waals surface area contributed by atoms with E-state index in [9.17, 15) is 4.79 Å². The van der Waals surface area contributed by atoms with Crippen LogP contribution in [-0.4, -0.2) is 18.0 Å². The Morgan fingerprint density at radius 3 is 2.57 bits per heavy atom. The van der Waals surface area contributed by atoms with Crippen LogP contribution in [0.15, 0.2) is 30.3 Å². The fourth-order valence-electron chi connectivity index (χ4n) is 1.78. The molecular weight excluding hydrogens is 176 g/mol. The fraction of sp³-hybridized carbons (Fsp3) is 0.417. The van der Waals surface area contributed by atoms with E-state index in [1.54, 1.807) is 0 Å². The number of carbonyl (C=O) groups excluding carboxylic acids is 1. The smallest absolute Gasteiger partial charge is 0.191 e. The Bertz CT molecular complexity index is 318. The van der Waals surface area contributed by atoms with Crippen molar-refractivity contribution in [3.63, 3.8) is 0 Å². The Morgan fingerprint density at radius 2 is 2.00 bits per heavy atom. The van der Waals surface area contributed by atoms with E-state index in [1.807, 2.05) is 37.3 Å². The first-order valence-electron chi connectivity index (χ1n) is 5.02. The van der Waals surface area contributed by atoms with E-state index in [0.717, 1.165) is 18.4 Å². The molecule has 14 heavy (non-hydrogen) atoms. The lowest BCUT2D eigenvalue weighted by atomic mass is 10.0. The predicted molar refractivity (Wildman–Crippen MR) is 54.3 cm³/mol. The molecule has 1 aliphatic heterocycles. The van der Waals surface area contributed by atoms with Gasteiger partial charge in [-0.15, -0.1) is 0 Å². The molecule has 1 fully saturated rings. The summed E-state index contributed by atoms with van der Waals surface area (Å²) >= 11 is 0. The molecule has 0 radical (unpaired) electrons. The highest BCUT2D eigenvalue weighted by atomic mass is 16.5. The van der Waals surface area contributed by atoms with Crippen LogP contribution >= 0.6 is 0 Å². The minimum Gasteiger partial charge on any atom is -0.367 e. The molecule has 0 bridgehead atoms. The average Bonchev–Trinajstić information content (AvgIpc) is 2.65. The minimum atomic E-state index is -0.215. The van der Waals surface area contributed by atoms with Gasteiger partial charge in [-0.3, -0.25) is 4.79 Å². The summed E-state index contributed by atoms with van der Waals surface area (Å²) in [5.41, 5.74) is 0.756. The zero-order chi connectivity index (χ0) is 9.97. The molecule has 2 atom stereocenters. The summed E-state index contributed by atoms with van der Waals surface area (Å²) in [6.07, 6.45) is 1.86. The van der Waals surface area contributed by atoms with Crippen molar-refractivity contribution in [1.29, 1.82) is 0 Å². The molecule has 0 amide bonds. The summed E-state index contributed by atoms with van der Waals surface area (Å²) in [6.45, 7) is 2.01. The quantitative estimate of drug-likeness (QED) is 0.669. The van der Waals surface area contributed by atoms with E-state index >= 15 is 0 Å². The molecular formula is C12H14O2. The van der Waals surface area contributed by atoms with Crippen molar-refractivity contribution in [2.24, 2.45) is 0 Å². The monoisotopic (exact) mass is 190 g/mol. The molecule has 2 rings (SSSR count). The SMILES string of the molecule is CC1CCC(C(=O)c2ccccc2)O1. The van der Waals surface area contributed by atoms with Crippen LogP contribution in [0.1, 0.15) is 30.1 Å². The van der Waals surface area contributed by atoms with Crippen LogP contribution < -0.4 is 0 Å². The molecule has 0 aliphatic carbocycles. The molecule has 0 saturated carbocycles. The molecule has 0 aromatic heterocycles. The van der Waals surface area contributed by atoms with E-state index in [1.165, 1.54) is 0 Å². The van der Waals surface area contributed by atoms with Crippen molar-refractivity contribution >= 4 is 5.78 Å². The van der Waals surface area contributed by atoms with Crippen LogP contribution in [0.4, 0.5) is 0 Å². The zero-order valence-corrected chi connectivity index (χ0v) is 8.27. The Morgan fingerprint density at radius 1 is 1.29 bits per heavy atom. The second kappa shape index (κ2) is 3.93. The van der Waals surface area contributed by atoms with Gasteiger partial charge in [0, 0.05) is 5.56 Å². The maximum absolute atomic E-state index is 11.9. The number of hydrogen-bond donors (Lipinski definition) is 0. The normalized spacial score (nSPS) is 26.4. The maximum atomic E-state index is 11.9. The van der Waals surface area contributed by atoms with Gasteiger partial charge in [0.2, 0.25) is 0 Å². The molecule has 2 unspecified atom stereocenters. The van der Waals surface area contributed by atoms with Gasteiger partial charge in [0.05, 0.1) is 6.10 Å². The van der Waals surface area contributed by atoms with Crippen LogP contribution in [-0.2, 0) is 4.74 Å². The van der Waals surface area contributed by atoms with Gasteiger partial charge >= 0.3 is 0 Å². The van der Waals surface area contributed by atoms with Gasteiger partial charge < -0.3 is 4.74 Å². The lowest BCUT2D eigenvalue weighted by molar-refractivity contribution is 0.0433. The van der Waals surface area contributed by atoms with E-state index in [4.69, 9.17) is 4.74 Å². The third-order valence-electron chi connectivity index (χ3n) is 2.58. The Hall–Kier alpha value is -1.15. The molecule has 1 heterocycles. The topological polar surface area (TPSA) is 26.3 Å². The van der Waals surface area contributed by atoms with Gasteiger partial charge in [-0.05, 0) is 19.8 Å². The van der Waals surface area contributed by atoms with Gasteiger partial charge in [0.15, 0.2) is 5.78 Å². The number of ketones is 1. The van der Waals surface area contributed by atoms with E-state index < -0.39 is 0 Å². The van der Waals surface area contributed by atoms with Crippen LogP contribution in [0.5, 0.6) is 0 Å². The van der Waals surface area contributed by atoms with Crippen molar-refractivity contribution < 1.29 is 9.53 Å². The fourth-order valence-corrected chi connectivity index (χ4v) is 1.78.